The van der Waals surface area contributed by atoms with Gasteiger partial charge in [0.15, 0.2) is 0 Å². The monoisotopic (exact) mass is 353 g/mol. The van der Waals surface area contributed by atoms with Crippen molar-refractivity contribution in [1.82, 2.24) is 4.90 Å². The maximum absolute atomic E-state index is 10.9. The van der Waals surface area contributed by atoms with E-state index in [2.05, 4.69) is 33.0 Å². The molecule has 1 aromatic carbocycles. The molecule has 0 bridgehead atoms. The number of ether oxygens (including phenoxy) is 1. The molecule has 0 aliphatic carbocycles. The van der Waals surface area contributed by atoms with Crippen molar-refractivity contribution >= 4 is 21.9 Å². The van der Waals surface area contributed by atoms with E-state index in [4.69, 9.17) is 9.84 Å². The zero-order valence-electron chi connectivity index (χ0n) is 12.0. The Morgan fingerprint density at radius 2 is 2.33 bits per heavy atom. The van der Waals surface area contributed by atoms with Gasteiger partial charge in [0, 0.05) is 36.0 Å². The summed E-state index contributed by atoms with van der Waals surface area (Å²) in [6.45, 7) is 3.52. The van der Waals surface area contributed by atoms with E-state index in [1.807, 2.05) is 0 Å². The summed E-state index contributed by atoms with van der Waals surface area (Å²) in [5.41, 5.74) is 2.49. The van der Waals surface area contributed by atoms with Gasteiger partial charge in [-0.05, 0) is 43.0 Å². The van der Waals surface area contributed by atoms with E-state index >= 15 is 0 Å². The lowest BCUT2D eigenvalue weighted by Crippen LogP contribution is -2.35. The van der Waals surface area contributed by atoms with Crippen LogP contribution in [0.4, 0.5) is 0 Å². The van der Waals surface area contributed by atoms with E-state index in [9.17, 15) is 4.79 Å². The number of carboxylic acid groups (broad SMARTS) is 1. The minimum atomic E-state index is -0.687. The number of rotatable bonds is 4. The van der Waals surface area contributed by atoms with E-state index in [0.717, 1.165) is 55.7 Å². The van der Waals surface area contributed by atoms with Crippen LogP contribution in [0, 0.1) is 5.92 Å². The van der Waals surface area contributed by atoms with Crippen LogP contribution in [0.25, 0.3) is 0 Å². The zero-order valence-corrected chi connectivity index (χ0v) is 13.6. The molecule has 2 aliphatic rings. The molecule has 3 rings (SSSR count). The van der Waals surface area contributed by atoms with Crippen molar-refractivity contribution < 1.29 is 14.6 Å². The summed E-state index contributed by atoms with van der Waals surface area (Å²) in [7, 11) is 0. The lowest BCUT2D eigenvalue weighted by Gasteiger charge is -2.32. The van der Waals surface area contributed by atoms with Gasteiger partial charge in [0.05, 0.1) is 6.61 Å². The third-order valence-corrected chi connectivity index (χ3v) is 4.74. The van der Waals surface area contributed by atoms with Crippen LogP contribution in [0.1, 0.15) is 30.4 Å². The Morgan fingerprint density at radius 1 is 1.48 bits per heavy atom. The highest BCUT2D eigenvalue weighted by Gasteiger charge is 2.24. The summed E-state index contributed by atoms with van der Waals surface area (Å²) in [4.78, 5) is 13.2. The summed E-state index contributed by atoms with van der Waals surface area (Å²) in [6.07, 6.45) is 3.36. The highest BCUT2D eigenvalue weighted by molar-refractivity contribution is 9.10. The number of hydrogen-bond donors (Lipinski definition) is 1. The quantitative estimate of drug-likeness (QED) is 0.903. The van der Waals surface area contributed by atoms with Crippen LogP contribution in [0.3, 0.4) is 0 Å². The van der Waals surface area contributed by atoms with Gasteiger partial charge in [0.1, 0.15) is 5.75 Å². The number of piperidine rings is 1. The average Bonchev–Trinajstić information content (AvgIpc) is 2.86. The Morgan fingerprint density at radius 3 is 3.14 bits per heavy atom. The zero-order chi connectivity index (χ0) is 14.8. The Hall–Kier alpha value is -1.07. The molecular weight excluding hydrogens is 334 g/mol. The number of carboxylic acids is 1. The van der Waals surface area contributed by atoms with Gasteiger partial charge in [0.25, 0.3) is 0 Å². The largest absolute Gasteiger partial charge is 0.493 e. The van der Waals surface area contributed by atoms with E-state index in [1.165, 1.54) is 11.1 Å². The van der Waals surface area contributed by atoms with Crippen LogP contribution >= 0.6 is 15.9 Å². The number of aliphatic carboxylic acids is 1. The summed E-state index contributed by atoms with van der Waals surface area (Å²) in [6, 6.07) is 4.26. The molecular formula is C16H20BrNO3. The molecule has 1 atom stereocenters. The van der Waals surface area contributed by atoms with Gasteiger partial charge in [-0.1, -0.05) is 15.9 Å². The molecule has 1 fully saturated rings. The van der Waals surface area contributed by atoms with Crippen molar-refractivity contribution in [2.45, 2.75) is 32.2 Å². The first kappa shape index (κ1) is 14.9. The second kappa shape index (κ2) is 6.36. The minimum absolute atomic E-state index is 0.275. The minimum Gasteiger partial charge on any atom is -0.493 e. The second-order valence-corrected chi connectivity index (χ2v) is 6.91. The van der Waals surface area contributed by atoms with Crippen LogP contribution in [0.5, 0.6) is 5.75 Å². The van der Waals surface area contributed by atoms with Crippen LogP contribution < -0.4 is 4.74 Å². The van der Waals surface area contributed by atoms with Gasteiger partial charge in [-0.2, -0.15) is 0 Å². The molecule has 0 saturated carbocycles. The number of carbonyl (C=O) groups is 1. The molecule has 0 aromatic heterocycles. The van der Waals surface area contributed by atoms with Gasteiger partial charge in [0.2, 0.25) is 0 Å². The fourth-order valence-corrected chi connectivity index (χ4v) is 3.97. The molecule has 0 amide bonds. The normalized spacial score (nSPS) is 21.9. The Labute approximate surface area is 133 Å². The van der Waals surface area contributed by atoms with Crippen molar-refractivity contribution in [2.75, 3.05) is 19.7 Å². The molecule has 114 valence electrons. The highest BCUT2D eigenvalue weighted by Crippen LogP contribution is 2.34. The van der Waals surface area contributed by atoms with E-state index in [-0.39, 0.29) is 12.3 Å². The lowest BCUT2D eigenvalue weighted by molar-refractivity contribution is -0.138. The highest BCUT2D eigenvalue weighted by atomic mass is 79.9. The Bertz CT molecular complexity index is 547. The van der Waals surface area contributed by atoms with Crippen LogP contribution in [-0.4, -0.2) is 35.7 Å². The van der Waals surface area contributed by atoms with Gasteiger partial charge < -0.3 is 9.84 Å². The topological polar surface area (TPSA) is 49.8 Å². The first-order chi connectivity index (χ1) is 10.1. The smallest absolute Gasteiger partial charge is 0.303 e. The van der Waals surface area contributed by atoms with Gasteiger partial charge in [-0.25, -0.2) is 0 Å². The third kappa shape index (κ3) is 3.58. The Balaban J connectivity index is 1.70. The van der Waals surface area contributed by atoms with Crippen LogP contribution in [0.2, 0.25) is 0 Å². The fraction of sp³-hybridized carbons (Fsp3) is 0.562. The standard InChI is InChI=1S/C16H20BrNO3/c17-14-7-12-3-5-21-16(12)13(8-14)10-18-4-1-2-11(9-18)6-15(19)20/h7-8,11H,1-6,9-10H2,(H,19,20). The second-order valence-electron chi connectivity index (χ2n) is 5.99. The summed E-state index contributed by atoms with van der Waals surface area (Å²) < 4.78 is 6.87. The molecule has 1 unspecified atom stereocenters. The van der Waals surface area contributed by atoms with Gasteiger partial charge in [-0.15, -0.1) is 0 Å². The molecule has 2 heterocycles. The van der Waals surface area contributed by atoms with E-state index in [0.29, 0.717) is 0 Å². The molecule has 0 spiro atoms. The van der Waals surface area contributed by atoms with Crippen molar-refractivity contribution in [1.29, 1.82) is 0 Å². The number of fused-ring (bicyclic) bond motifs is 1. The van der Waals surface area contributed by atoms with Crippen LogP contribution in [-0.2, 0) is 17.8 Å². The predicted octanol–water partition coefficient (Wildman–Crippen LogP) is 3.07. The number of hydrogen-bond acceptors (Lipinski definition) is 3. The summed E-state index contributed by atoms with van der Waals surface area (Å²) in [5, 5.41) is 8.96. The first-order valence-electron chi connectivity index (χ1n) is 7.50. The number of nitrogens with zero attached hydrogens (tertiary/aromatic N) is 1. The number of halogens is 1. The first-order valence-corrected chi connectivity index (χ1v) is 8.29. The third-order valence-electron chi connectivity index (χ3n) is 4.29. The van der Waals surface area contributed by atoms with Crippen molar-refractivity contribution in [3.8, 4) is 5.75 Å². The SMILES string of the molecule is O=C(O)CC1CCCN(Cc2cc(Br)cc3c2OCC3)C1. The molecule has 1 saturated heterocycles. The maximum atomic E-state index is 10.9. The Kier molecular flexibility index (Phi) is 4.50. The molecule has 5 heteroatoms. The van der Waals surface area contributed by atoms with Crippen LogP contribution in [0.15, 0.2) is 16.6 Å². The van der Waals surface area contributed by atoms with Crippen molar-refractivity contribution in [3.63, 3.8) is 0 Å². The summed E-state index contributed by atoms with van der Waals surface area (Å²) in [5.74, 6) is 0.629. The van der Waals surface area contributed by atoms with E-state index < -0.39 is 5.97 Å². The van der Waals surface area contributed by atoms with E-state index in [1.54, 1.807) is 0 Å². The average molecular weight is 354 g/mol. The molecule has 1 aromatic rings. The molecule has 0 radical (unpaired) electrons. The molecule has 21 heavy (non-hydrogen) atoms. The summed E-state index contributed by atoms with van der Waals surface area (Å²) >= 11 is 3.57. The number of likely N-dealkylation sites (tertiary alicyclic amines) is 1. The number of benzene rings is 1. The predicted molar refractivity (Wildman–Crippen MR) is 83.6 cm³/mol. The fourth-order valence-electron chi connectivity index (χ4n) is 3.41. The van der Waals surface area contributed by atoms with Crippen molar-refractivity contribution in [2.24, 2.45) is 5.92 Å². The van der Waals surface area contributed by atoms with Gasteiger partial charge >= 0.3 is 5.97 Å². The lowest BCUT2D eigenvalue weighted by atomic mass is 9.94. The van der Waals surface area contributed by atoms with Gasteiger partial charge in [-0.3, -0.25) is 9.69 Å². The maximum Gasteiger partial charge on any atom is 0.303 e. The molecule has 2 aliphatic heterocycles. The molecule has 4 nitrogen and oxygen atoms in total. The van der Waals surface area contributed by atoms with Crippen molar-refractivity contribution in [3.05, 3.63) is 27.7 Å². The molecule has 1 N–H and O–H groups in total.